The maximum absolute atomic E-state index is 13.4. The van der Waals surface area contributed by atoms with E-state index in [0.717, 1.165) is 56.1 Å². The van der Waals surface area contributed by atoms with Gasteiger partial charge in [-0.05, 0) is 62.3 Å². The van der Waals surface area contributed by atoms with E-state index in [9.17, 15) is 4.79 Å². The minimum absolute atomic E-state index is 0.115. The lowest BCUT2D eigenvalue weighted by Gasteiger charge is -2.39. The van der Waals surface area contributed by atoms with Crippen molar-refractivity contribution in [3.63, 3.8) is 0 Å². The number of nitrogens with zero attached hydrogens (tertiary/aromatic N) is 2. The maximum Gasteiger partial charge on any atom is 0.230 e. The van der Waals surface area contributed by atoms with E-state index in [1.807, 2.05) is 12.1 Å². The number of carbonyl (C=O) groups excluding carboxylic acids is 1. The quantitative estimate of drug-likeness (QED) is 0.806. The van der Waals surface area contributed by atoms with Gasteiger partial charge in [0.05, 0.1) is 12.5 Å². The average molecular weight is 357 g/mol. The van der Waals surface area contributed by atoms with Crippen molar-refractivity contribution in [2.24, 2.45) is 11.3 Å². The number of hydrogen-bond acceptors (Lipinski definition) is 3. The fourth-order valence-electron chi connectivity index (χ4n) is 5.35. The van der Waals surface area contributed by atoms with Gasteiger partial charge in [-0.3, -0.25) is 4.79 Å². The van der Waals surface area contributed by atoms with Gasteiger partial charge in [-0.1, -0.05) is 25.0 Å². The van der Waals surface area contributed by atoms with Gasteiger partial charge in [-0.15, -0.1) is 0 Å². The standard InChI is InChI=1S/C22H32N2O2/c1-26-20-9-4-8-19(14-20)16-24-12-5-10-22(21(24)25)11-13-23(17-22)15-18-6-2-3-7-18/h4,8-9,14,18H,2-3,5-7,10-13,15-17H2,1H3/t22-/m1/s1. The van der Waals surface area contributed by atoms with Crippen LogP contribution in [0.5, 0.6) is 5.75 Å². The van der Waals surface area contributed by atoms with E-state index in [0.29, 0.717) is 12.5 Å². The topological polar surface area (TPSA) is 32.8 Å². The Labute approximate surface area is 157 Å². The molecule has 1 saturated carbocycles. The lowest BCUT2D eigenvalue weighted by atomic mass is 9.78. The summed E-state index contributed by atoms with van der Waals surface area (Å²) in [7, 11) is 1.69. The summed E-state index contributed by atoms with van der Waals surface area (Å²) in [6.45, 7) is 4.90. The molecular formula is C22H32N2O2. The van der Waals surface area contributed by atoms with Crippen molar-refractivity contribution in [3.8, 4) is 5.75 Å². The summed E-state index contributed by atoms with van der Waals surface area (Å²) in [5.41, 5.74) is 1.05. The minimum Gasteiger partial charge on any atom is -0.497 e. The predicted molar refractivity (Wildman–Crippen MR) is 103 cm³/mol. The molecule has 0 N–H and O–H groups in total. The normalized spacial score (nSPS) is 27.6. The Morgan fingerprint density at radius 1 is 1.15 bits per heavy atom. The predicted octanol–water partition coefficient (Wildman–Crippen LogP) is 3.70. The molecule has 1 spiro atoms. The zero-order valence-corrected chi connectivity index (χ0v) is 16.1. The van der Waals surface area contributed by atoms with E-state index in [1.165, 1.54) is 32.2 Å². The zero-order chi connectivity index (χ0) is 18.0. The van der Waals surface area contributed by atoms with Crippen molar-refractivity contribution in [3.05, 3.63) is 29.8 Å². The van der Waals surface area contributed by atoms with Gasteiger partial charge in [0.1, 0.15) is 5.75 Å². The van der Waals surface area contributed by atoms with E-state index < -0.39 is 0 Å². The molecule has 3 aliphatic rings. The van der Waals surface area contributed by atoms with Gasteiger partial charge < -0.3 is 14.5 Å². The van der Waals surface area contributed by atoms with Crippen molar-refractivity contribution in [1.29, 1.82) is 0 Å². The van der Waals surface area contributed by atoms with Gasteiger partial charge in [0.25, 0.3) is 0 Å². The summed E-state index contributed by atoms with van der Waals surface area (Å²) in [5.74, 6) is 2.13. The highest BCUT2D eigenvalue weighted by molar-refractivity contribution is 5.84. The van der Waals surface area contributed by atoms with Gasteiger partial charge in [0, 0.05) is 26.2 Å². The average Bonchev–Trinajstić information content (AvgIpc) is 3.31. The lowest BCUT2D eigenvalue weighted by molar-refractivity contribution is -0.146. The smallest absolute Gasteiger partial charge is 0.230 e. The van der Waals surface area contributed by atoms with Crippen LogP contribution in [0.25, 0.3) is 0 Å². The molecule has 4 heteroatoms. The molecule has 0 bridgehead atoms. The fourth-order valence-corrected chi connectivity index (χ4v) is 5.35. The number of hydrogen-bond donors (Lipinski definition) is 0. The number of rotatable bonds is 5. The molecule has 1 atom stereocenters. The van der Waals surface area contributed by atoms with Crippen LogP contribution in [0.1, 0.15) is 50.5 Å². The van der Waals surface area contributed by atoms with Crippen LogP contribution in [0.2, 0.25) is 0 Å². The molecule has 2 heterocycles. The van der Waals surface area contributed by atoms with E-state index in [-0.39, 0.29) is 5.41 Å². The van der Waals surface area contributed by atoms with E-state index >= 15 is 0 Å². The highest BCUT2D eigenvalue weighted by Crippen LogP contribution is 2.41. The third-order valence-corrected chi connectivity index (χ3v) is 6.76. The zero-order valence-electron chi connectivity index (χ0n) is 16.1. The molecule has 2 saturated heterocycles. The largest absolute Gasteiger partial charge is 0.497 e. The Hall–Kier alpha value is -1.55. The van der Waals surface area contributed by atoms with Crippen LogP contribution in [0.15, 0.2) is 24.3 Å². The first-order valence-electron chi connectivity index (χ1n) is 10.3. The number of ether oxygens (including phenoxy) is 1. The molecule has 0 radical (unpaired) electrons. The second kappa shape index (κ2) is 7.59. The van der Waals surface area contributed by atoms with Gasteiger partial charge in [-0.25, -0.2) is 0 Å². The summed E-state index contributed by atoms with van der Waals surface area (Å²) >= 11 is 0. The molecule has 2 aliphatic heterocycles. The fraction of sp³-hybridized carbons (Fsp3) is 0.682. The summed E-state index contributed by atoms with van der Waals surface area (Å²) in [5, 5.41) is 0. The molecule has 1 aromatic rings. The van der Waals surface area contributed by atoms with Gasteiger partial charge >= 0.3 is 0 Å². The van der Waals surface area contributed by atoms with Gasteiger partial charge in [-0.2, -0.15) is 0 Å². The summed E-state index contributed by atoms with van der Waals surface area (Å²) in [6.07, 6.45) is 8.83. The van der Waals surface area contributed by atoms with Crippen molar-refractivity contribution < 1.29 is 9.53 Å². The van der Waals surface area contributed by atoms with Crippen LogP contribution in [0.4, 0.5) is 0 Å². The monoisotopic (exact) mass is 356 g/mol. The summed E-state index contributed by atoms with van der Waals surface area (Å²) < 4.78 is 5.33. The van der Waals surface area contributed by atoms with Crippen LogP contribution in [-0.4, -0.2) is 49.0 Å². The number of methoxy groups -OCH3 is 1. The Kier molecular flexibility index (Phi) is 5.21. The van der Waals surface area contributed by atoms with E-state index in [1.54, 1.807) is 7.11 Å². The molecule has 1 aliphatic carbocycles. The highest BCUT2D eigenvalue weighted by Gasteiger charge is 2.48. The third kappa shape index (κ3) is 3.62. The number of piperidine rings is 1. The first-order chi connectivity index (χ1) is 12.7. The van der Waals surface area contributed by atoms with Crippen molar-refractivity contribution >= 4 is 5.91 Å². The molecule has 1 aromatic carbocycles. The van der Waals surface area contributed by atoms with E-state index in [4.69, 9.17) is 4.74 Å². The van der Waals surface area contributed by atoms with Crippen LogP contribution < -0.4 is 4.74 Å². The molecule has 4 nitrogen and oxygen atoms in total. The number of amides is 1. The Balaban J connectivity index is 1.40. The van der Waals surface area contributed by atoms with Crippen molar-refractivity contribution in [1.82, 2.24) is 9.80 Å². The van der Waals surface area contributed by atoms with Crippen molar-refractivity contribution in [2.75, 3.05) is 33.3 Å². The summed E-state index contributed by atoms with van der Waals surface area (Å²) in [4.78, 5) is 18.0. The first kappa shape index (κ1) is 17.8. The molecular weight excluding hydrogens is 324 g/mol. The molecule has 0 unspecified atom stereocenters. The third-order valence-electron chi connectivity index (χ3n) is 6.76. The number of benzene rings is 1. The molecule has 4 rings (SSSR count). The highest BCUT2D eigenvalue weighted by atomic mass is 16.5. The molecule has 142 valence electrons. The minimum atomic E-state index is -0.115. The molecule has 26 heavy (non-hydrogen) atoms. The second-order valence-electron chi connectivity index (χ2n) is 8.60. The van der Waals surface area contributed by atoms with Crippen LogP contribution in [0, 0.1) is 11.3 Å². The Bertz CT molecular complexity index is 641. The maximum atomic E-state index is 13.4. The van der Waals surface area contributed by atoms with Crippen LogP contribution in [-0.2, 0) is 11.3 Å². The second-order valence-corrected chi connectivity index (χ2v) is 8.60. The first-order valence-corrected chi connectivity index (χ1v) is 10.3. The molecule has 3 fully saturated rings. The van der Waals surface area contributed by atoms with E-state index in [2.05, 4.69) is 21.9 Å². The molecule has 1 amide bonds. The Morgan fingerprint density at radius 3 is 2.81 bits per heavy atom. The SMILES string of the molecule is COc1cccc(CN2CCC[C@]3(CCN(CC4CCCC4)C3)C2=O)c1. The van der Waals surface area contributed by atoms with Crippen molar-refractivity contribution in [2.45, 2.75) is 51.5 Å². The van der Waals surface area contributed by atoms with Gasteiger partial charge in [0.2, 0.25) is 5.91 Å². The number of likely N-dealkylation sites (tertiary alicyclic amines) is 2. The molecule has 0 aromatic heterocycles. The van der Waals surface area contributed by atoms with Crippen LogP contribution in [0.3, 0.4) is 0 Å². The lowest BCUT2D eigenvalue weighted by Crippen LogP contribution is -2.49. The van der Waals surface area contributed by atoms with Gasteiger partial charge in [0.15, 0.2) is 0 Å². The van der Waals surface area contributed by atoms with Crippen LogP contribution >= 0.6 is 0 Å². The summed E-state index contributed by atoms with van der Waals surface area (Å²) in [6, 6.07) is 8.12. The Morgan fingerprint density at radius 2 is 2.00 bits per heavy atom. The number of carbonyl (C=O) groups is 1.